The highest BCUT2D eigenvalue weighted by Gasteiger charge is 2.01. The van der Waals surface area contributed by atoms with Crippen LogP contribution in [-0.2, 0) is 6.54 Å². The van der Waals surface area contributed by atoms with Crippen LogP contribution >= 0.6 is 11.3 Å². The van der Waals surface area contributed by atoms with Crippen LogP contribution < -0.4 is 0 Å². The molecule has 1 aromatic carbocycles. The Balaban J connectivity index is 2.20. The number of hydrogen-bond acceptors (Lipinski definition) is 2. The lowest BCUT2D eigenvalue weighted by molar-refractivity contribution is 0.346. The van der Waals surface area contributed by atoms with Gasteiger partial charge in [-0.3, -0.25) is 0 Å². The van der Waals surface area contributed by atoms with Gasteiger partial charge in [0.05, 0.1) is 0 Å². The molecule has 83 valence electrons. The van der Waals surface area contributed by atoms with Gasteiger partial charge in [0.15, 0.2) is 0 Å². The van der Waals surface area contributed by atoms with E-state index in [0.29, 0.717) is 0 Å². The number of thiophene rings is 1. The molecule has 0 aliphatic rings. The van der Waals surface area contributed by atoms with Crippen molar-refractivity contribution in [3.05, 3.63) is 47.3 Å². The second kappa shape index (κ2) is 5.28. The van der Waals surface area contributed by atoms with E-state index in [-0.39, 0.29) is 0 Å². The summed E-state index contributed by atoms with van der Waals surface area (Å²) in [5, 5.41) is 3.13. The molecule has 0 aliphatic carbocycles. The first kappa shape index (κ1) is 11.4. The third-order valence-electron chi connectivity index (χ3n) is 2.68. The summed E-state index contributed by atoms with van der Waals surface area (Å²) in [4.78, 5) is 3.60. The van der Waals surface area contributed by atoms with Gasteiger partial charge in [-0.05, 0) is 42.9 Å². The van der Waals surface area contributed by atoms with Crippen LogP contribution in [0.1, 0.15) is 12.5 Å². The summed E-state index contributed by atoms with van der Waals surface area (Å²) in [6.07, 6.45) is 0. The lowest BCUT2D eigenvalue weighted by Crippen LogP contribution is -2.16. The van der Waals surface area contributed by atoms with E-state index in [1.807, 2.05) is 6.07 Å². The molecule has 0 amide bonds. The monoisotopic (exact) mass is 230 g/mol. The van der Waals surface area contributed by atoms with Crippen LogP contribution in [0.3, 0.4) is 0 Å². The average Bonchev–Trinajstić information content (AvgIpc) is 2.83. The molecule has 0 N–H and O–H groups in total. The third kappa shape index (κ3) is 2.71. The van der Waals surface area contributed by atoms with Gasteiger partial charge in [0.1, 0.15) is 0 Å². The van der Waals surface area contributed by atoms with Gasteiger partial charge in [0.2, 0.25) is 0 Å². The van der Waals surface area contributed by atoms with Crippen LogP contribution in [0.5, 0.6) is 0 Å². The van der Waals surface area contributed by atoms with Gasteiger partial charge in [0, 0.05) is 16.8 Å². The van der Waals surface area contributed by atoms with Crippen LogP contribution in [0.15, 0.2) is 36.4 Å². The van der Waals surface area contributed by atoms with E-state index in [9.17, 15) is 0 Å². The Morgan fingerprint density at radius 3 is 2.88 bits per heavy atom. The summed E-state index contributed by atoms with van der Waals surface area (Å²) < 4.78 is 0. The zero-order valence-corrected chi connectivity index (χ0v) is 10.6. The molecule has 1 aromatic heterocycles. The van der Waals surface area contributed by atoms with Gasteiger partial charge < -0.3 is 4.90 Å². The molecule has 0 atom stereocenters. The summed E-state index contributed by atoms with van der Waals surface area (Å²) in [5.74, 6) is 0. The topological polar surface area (TPSA) is 3.24 Å². The Labute approximate surface area is 101 Å². The highest BCUT2D eigenvalue weighted by molar-refractivity contribution is 7.13. The molecule has 1 heterocycles. The van der Waals surface area contributed by atoms with Crippen molar-refractivity contribution in [1.82, 2.24) is 4.90 Å². The van der Waals surface area contributed by atoms with Gasteiger partial charge >= 0.3 is 0 Å². The van der Waals surface area contributed by atoms with Gasteiger partial charge in [-0.15, -0.1) is 11.3 Å². The molecule has 0 aliphatic heterocycles. The number of hydrogen-bond donors (Lipinski definition) is 0. The van der Waals surface area contributed by atoms with Crippen LogP contribution in [-0.4, -0.2) is 18.5 Å². The van der Waals surface area contributed by atoms with Crippen molar-refractivity contribution in [3.8, 4) is 10.4 Å². The Morgan fingerprint density at radius 2 is 2.19 bits per heavy atom. The van der Waals surface area contributed by atoms with Crippen molar-refractivity contribution < 1.29 is 0 Å². The molecule has 2 rings (SSSR count). The molecule has 16 heavy (non-hydrogen) atoms. The lowest BCUT2D eigenvalue weighted by Gasteiger charge is -2.14. The van der Waals surface area contributed by atoms with Crippen LogP contribution in [0.2, 0.25) is 0 Å². The fourth-order valence-corrected chi connectivity index (χ4v) is 2.29. The van der Waals surface area contributed by atoms with Gasteiger partial charge in [-0.2, -0.15) is 0 Å². The van der Waals surface area contributed by atoms with Gasteiger partial charge in [-0.25, -0.2) is 0 Å². The smallest absolute Gasteiger partial charge is 0.0449 e. The number of benzene rings is 1. The largest absolute Gasteiger partial charge is 0.302 e. The summed E-state index contributed by atoms with van der Waals surface area (Å²) in [6, 6.07) is 12.8. The van der Waals surface area contributed by atoms with Crippen molar-refractivity contribution >= 4 is 11.3 Å². The Kier molecular flexibility index (Phi) is 3.75. The molecule has 0 saturated heterocycles. The van der Waals surface area contributed by atoms with Crippen molar-refractivity contribution in [3.63, 3.8) is 0 Å². The Morgan fingerprint density at radius 1 is 1.31 bits per heavy atom. The summed E-state index contributed by atoms with van der Waals surface area (Å²) >= 11 is 1.67. The van der Waals surface area contributed by atoms with E-state index in [1.54, 1.807) is 11.3 Å². The zero-order chi connectivity index (χ0) is 11.4. The SMILES string of the molecule is CCN(C)Cc1cccc(-c2cc[c]s2)c1. The quantitative estimate of drug-likeness (QED) is 0.774. The van der Waals surface area contributed by atoms with E-state index in [4.69, 9.17) is 0 Å². The van der Waals surface area contributed by atoms with Crippen molar-refractivity contribution in [2.24, 2.45) is 0 Å². The van der Waals surface area contributed by atoms with Crippen LogP contribution in [0.25, 0.3) is 10.4 Å². The van der Waals surface area contributed by atoms with Crippen LogP contribution in [0.4, 0.5) is 0 Å². The summed E-state index contributed by atoms with van der Waals surface area (Å²) in [6.45, 7) is 4.27. The normalized spacial score (nSPS) is 10.9. The minimum absolute atomic E-state index is 1.01. The number of rotatable bonds is 4. The van der Waals surface area contributed by atoms with Gasteiger partial charge in [0.25, 0.3) is 0 Å². The fourth-order valence-electron chi connectivity index (χ4n) is 1.64. The van der Waals surface area contributed by atoms with E-state index >= 15 is 0 Å². The molecule has 2 heteroatoms. The predicted molar refractivity (Wildman–Crippen MR) is 70.6 cm³/mol. The molecule has 0 bridgehead atoms. The zero-order valence-electron chi connectivity index (χ0n) is 9.73. The average molecular weight is 230 g/mol. The third-order valence-corrected chi connectivity index (χ3v) is 3.52. The maximum Gasteiger partial charge on any atom is 0.0449 e. The van der Waals surface area contributed by atoms with Crippen molar-refractivity contribution in [2.75, 3.05) is 13.6 Å². The maximum atomic E-state index is 3.13. The molecule has 2 aromatic rings. The summed E-state index contributed by atoms with van der Waals surface area (Å²) in [7, 11) is 2.14. The summed E-state index contributed by atoms with van der Waals surface area (Å²) in [5.41, 5.74) is 2.67. The first-order valence-corrected chi connectivity index (χ1v) is 6.35. The lowest BCUT2D eigenvalue weighted by atomic mass is 10.1. The molecule has 0 saturated carbocycles. The maximum absolute atomic E-state index is 3.13. The molecular formula is C14H16NS. The van der Waals surface area contributed by atoms with E-state index in [0.717, 1.165) is 13.1 Å². The molecular weight excluding hydrogens is 214 g/mol. The minimum Gasteiger partial charge on any atom is -0.302 e. The van der Waals surface area contributed by atoms with E-state index in [2.05, 4.69) is 54.6 Å². The number of nitrogens with zero attached hydrogens (tertiary/aromatic N) is 1. The molecule has 1 nitrogen and oxygen atoms in total. The Bertz CT molecular complexity index is 434. The van der Waals surface area contributed by atoms with Gasteiger partial charge in [-0.1, -0.05) is 25.1 Å². The van der Waals surface area contributed by atoms with Crippen LogP contribution in [0, 0.1) is 5.38 Å². The Hall–Kier alpha value is -1.12. The van der Waals surface area contributed by atoms with Crippen molar-refractivity contribution in [2.45, 2.75) is 13.5 Å². The highest BCUT2D eigenvalue weighted by atomic mass is 32.1. The standard InChI is InChI=1S/C14H16NS/c1-3-15(2)11-12-6-4-7-13(10-12)14-8-5-9-16-14/h4-8,10H,3,11H2,1-2H3. The predicted octanol–water partition coefficient (Wildman–Crippen LogP) is 3.67. The molecule has 1 radical (unpaired) electrons. The minimum atomic E-state index is 1.01. The van der Waals surface area contributed by atoms with Crippen molar-refractivity contribution in [1.29, 1.82) is 0 Å². The fraction of sp³-hybridized carbons (Fsp3) is 0.286. The van der Waals surface area contributed by atoms with E-state index in [1.165, 1.54) is 16.0 Å². The molecule has 0 spiro atoms. The first-order valence-electron chi connectivity index (χ1n) is 5.53. The second-order valence-corrected chi connectivity index (χ2v) is 4.83. The van der Waals surface area contributed by atoms with E-state index < -0.39 is 0 Å². The second-order valence-electron chi connectivity index (χ2n) is 3.95. The first-order chi connectivity index (χ1) is 7.79. The molecule has 0 fully saturated rings. The molecule has 0 unspecified atom stereocenters. The highest BCUT2D eigenvalue weighted by Crippen LogP contribution is 2.25.